The molecule has 2 aromatic carbocycles. The van der Waals surface area contributed by atoms with Crippen molar-refractivity contribution in [3.8, 4) is 5.75 Å². The van der Waals surface area contributed by atoms with Crippen molar-refractivity contribution in [3.63, 3.8) is 0 Å². The molecule has 9 heteroatoms. The Kier molecular flexibility index (Phi) is 4.55. The Morgan fingerprint density at radius 2 is 1.64 bits per heavy atom. The molecule has 0 heterocycles. The fourth-order valence-electron chi connectivity index (χ4n) is 1.50. The van der Waals surface area contributed by atoms with Crippen LogP contribution < -0.4 is 9.42 Å². The van der Waals surface area contributed by atoms with E-state index in [9.17, 15) is 24.4 Å². The molecule has 2 aromatic rings. The molecule has 0 aliphatic heterocycles. The van der Waals surface area contributed by atoms with Crippen molar-refractivity contribution in [2.75, 3.05) is 0 Å². The van der Waals surface area contributed by atoms with Crippen molar-refractivity contribution in [2.45, 2.75) is 0 Å². The first kappa shape index (κ1) is 15.7. The number of carbonyl (C=O) groups is 1. The zero-order chi connectivity index (χ0) is 16.2. The number of nitrogens with zero attached hydrogens (tertiary/aromatic N) is 1. The number of non-ortho nitro benzene ring substituents is 1. The average Bonchev–Trinajstić information content (AvgIpc) is 2.47. The molecule has 0 radical (unpaired) electrons. The lowest BCUT2D eigenvalue weighted by Crippen LogP contribution is -2.15. The van der Waals surface area contributed by atoms with E-state index in [1.807, 2.05) is 0 Å². The third-order valence-electron chi connectivity index (χ3n) is 2.47. The maximum Gasteiger partial charge on any atom is 0.374 e. The Morgan fingerprint density at radius 1 is 1.05 bits per heavy atom. The standard InChI is InChI=1S/C13H10NO7P/c15-13(10-6-8-11(9-7-10)14(16)17)21-22(18,19)20-12-4-2-1-3-5-12/h1-9H,(H,18,19)/p-1. The summed E-state index contributed by atoms with van der Waals surface area (Å²) in [6.07, 6.45) is 0. The van der Waals surface area contributed by atoms with E-state index in [1.165, 1.54) is 12.1 Å². The topological polar surface area (TPSA) is 119 Å². The normalized spacial score (nSPS) is 13.0. The van der Waals surface area contributed by atoms with Gasteiger partial charge in [-0.3, -0.25) is 10.1 Å². The van der Waals surface area contributed by atoms with E-state index in [4.69, 9.17) is 0 Å². The van der Waals surface area contributed by atoms with Gasteiger partial charge in [0.25, 0.3) is 5.69 Å². The molecule has 0 aliphatic carbocycles. The highest BCUT2D eigenvalue weighted by molar-refractivity contribution is 7.47. The van der Waals surface area contributed by atoms with Gasteiger partial charge in [-0.2, -0.15) is 0 Å². The molecular weight excluding hydrogens is 313 g/mol. The summed E-state index contributed by atoms with van der Waals surface area (Å²) in [4.78, 5) is 33.1. The van der Waals surface area contributed by atoms with E-state index in [2.05, 4.69) is 9.05 Å². The van der Waals surface area contributed by atoms with Crippen LogP contribution in [-0.2, 0) is 9.09 Å². The summed E-state index contributed by atoms with van der Waals surface area (Å²) in [5.41, 5.74) is -0.388. The second kappa shape index (κ2) is 6.38. The highest BCUT2D eigenvalue weighted by Crippen LogP contribution is 2.40. The molecule has 0 aliphatic rings. The van der Waals surface area contributed by atoms with E-state index in [0.717, 1.165) is 24.3 Å². The van der Waals surface area contributed by atoms with Gasteiger partial charge in [0.05, 0.1) is 10.5 Å². The van der Waals surface area contributed by atoms with Crippen LogP contribution in [-0.4, -0.2) is 10.9 Å². The number of hydrogen-bond acceptors (Lipinski definition) is 7. The van der Waals surface area contributed by atoms with Crippen LogP contribution in [0.1, 0.15) is 10.4 Å². The molecule has 8 nitrogen and oxygen atoms in total. The van der Waals surface area contributed by atoms with Crippen LogP contribution in [0.15, 0.2) is 54.6 Å². The third kappa shape index (κ3) is 4.15. The van der Waals surface area contributed by atoms with Gasteiger partial charge in [0, 0.05) is 12.1 Å². The smallest absolute Gasteiger partial charge is 0.374 e. The minimum absolute atomic E-state index is 0.00247. The largest absolute Gasteiger partial charge is 0.736 e. The van der Waals surface area contributed by atoms with Crippen LogP contribution >= 0.6 is 7.82 Å². The van der Waals surface area contributed by atoms with E-state index in [-0.39, 0.29) is 17.0 Å². The first-order valence-electron chi connectivity index (χ1n) is 5.91. The zero-order valence-corrected chi connectivity index (χ0v) is 11.8. The zero-order valence-electron chi connectivity index (χ0n) is 10.9. The van der Waals surface area contributed by atoms with Crippen LogP contribution in [0.2, 0.25) is 0 Å². The Hall–Kier alpha value is -2.70. The minimum atomic E-state index is -4.90. The Bertz CT molecular complexity index is 730. The predicted molar refractivity (Wildman–Crippen MR) is 73.2 cm³/mol. The molecule has 0 fully saturated rings. The Morgan fingerprint density at radius 3 is 2.18 bits per heavy atom. The summed E-state index contributed by atoms with van der Waals surface area (Å²) < 4.78 is 20.5. The second-order valence-electron chi connectivity index (χ2n) is 4.03. The first-order valence-corrected chi connectivity index (χ1v) is 7.37. The van der Waals surface area contributed by atoms with Gasteiger partial charge in [0.1, 0.15) is 5.75 Å². The van der Waals surface area contributed by atoms with Crippen LogP contribution in [0.3, 0.4) is 0 Å². The van der Waals surface area contributed by atoms with E-state index < -0.39 is 18.7 Å². The van der Waals surface area contributed by atoms with Crippen LogP contribution in [0.25, 0.3) is 0 Å². The van der Waals surface area contributed by atoms with Crippen LogP contribution in [0.5, 0.6) is 5.75 Å². The summed E-state index contributed by atoms with van der Waals surface area (Å²) in [5, 5.41) is 10.5. The summed E-state index contributed by atoms with van der Waals surface area (Å²) >= 11 is 0. The molecule has 0 amide bonds. The lowest BCUT2D eigenvalue weighted by atomic mass is 10.2. The Labute approximate surface area is 124 Å². The molecule has 0 spiro atoms. The highest BCUT2D eigenvalue weighted by Gasteiger charge is 2.19. The maximum absolute atomic E-state index is 11.7. The number of rotatable bonds is 5. The molecule has 0 saturated heterocycles. The quantitative estimate of drug-likeness (QED) is 0.470. The molecule has 1 unspecified atom stereocenters. The SMILES string of the molecule is O=C(OP(=O)([O-])Oc1ccccc1)c1ccc([N+](=O)[O-])cc1. The Balaban J connectivity index is 2.07. The lowest BCUT2D eigenvalue weighted by molar-refractivity contribution is -0.384. The number of hydrogen-bond donors (Lipinski definition) is 0. The molecular formula is C13H9NO7P-. The van der Waals surface area contributed by atoms with Gasteiger partial charge in [-0.25, -0.2) is 9.36 Å². The molecule has 0 bridgehead atoms. The van der Waals surface area contributed by atoms with Gasteiger partial charge < -0.3 is 13.9 Å². The summed E-state index contributed by atoms with van der Waals surface area (Å²) in [6.45, 7) is 0. The van der Waals surface area contributed by atoms with Crippen molar-refractivity contribution in [2.24, 2.45) is 0 Å². The summed E-state index contributed by atoms with van der Waals surface area (Å²) in [7, 11) is -4.90. The fourth-order valence-corrected chi connectivity index (χ4v) is 2.23. The van der Waals surface area contributed by atoms with E-state index in [0.29, 0.717) is 0 Å². The molecule has 2 rings (SSSR count). The van der Waals surface area contributed by atoms with Gasteiger partial charge in [0.15, 0.2) is 0 Å². The molecule has 22 heavy (non-hydrogen) atoms. The van der Waals surface area contributed by atoms with E-state index in [1.54, 1.807) is 18.2 Å². The van der Waals surface area contributed by atoms with Crippen molar-refractivity contribution in [1.82, 2.24) is 0 Å². The molecule has 0 N–H and O–H groups in total. The lowest BCUT2D eigenvalue weighted by Gasteiger charge is -2.22. The van der Waals surface area contributed by atoms with Gasteiger partial charge in [-0.05, 0) is 24.3 Å². The van der Waals surface area contributed by atoms with Crippen LogP contribution in [0.4, 0.5) is 5.69 Å². The number of nitro groups is 1. The second-order valence-corrected chi connectivity index (χ2v) is 5.29. The number of carbonyl (C=O) groups excluding carboxylic acids is 1. The van der Waals surface area contributed by atoms with Crippen molar-refractivity contribution < 1.29 is 28.2 Å². The number of para-hydroxylation sites is 1. The van der Waals surface area contributed by atoms with Gasteiger partial charge in [-0.15, -0.1) is 0 Å². The van der Waals surface area contributed by atoms with Crippen molar-refractivity contribution in [3.05, 3.63) is 70.3 Å². The average molecular weight is 322 g/mol. The monoisotopic (exact) mass is 322 g/mol. The maximum atomic E-state index is 11.7. The summed E-state index contributed by atoms with van der Waals surface area (Å²) in [5.74, 6) is -1.19. The number of nitro benzene ring substituents is 1. The number of phosphoric ester groups is 1. The first-order chi connectivity index (χ1) is 10.4. The minimum Gasteiger partial charge on any atom is -0.736 e. The number of benzene rings is 2. The molecule has 1 atom stereocenters. The van der Waals surface area contributed by atoms with Crippen LogP contribution in [0, 0.1) is 10.1 Å². The predicted octanol–water partition coefficient (Wildman–Crippen LogP) is 2.30. The van der Waals surface area contributed by atoms with Gasteiger partial charge >= 0.3 is 13.8 Å². The molecule has 0 aromatic heterocycles. The van der Waals surface area contributed by atoms with Gasteiger partial charge in [0.2, 0.25) is 0 Å². The summed E-state index contributed by atoms with van der Waals surface area (Å²) in [6, 6.07) is 11.8. The van der Waals surface area contributed by atoms with E-state index >= 15 is 0 Å². The third-order valence-corrected chi connectivity index (χ3v) is 3.29. The fraction of sp³-hybridized carbons (Fsp3) is 0. The van der Waals surface area contributed by atoms with Crippen molar-refractivity contribution >= 4 is 19.5 Å². The highest BCUT2D eigenvalue weighted by atomic mass is 31.2. The molecule has 114 valence electrons. The molecule has 0 saturated carbocycles. The van der Waals surface area contributed by atoms with Crippen molar-refractivity contribution in [1.29, 1.82) is 0 Å². The van der Waals surface area contributed by atoms with Gasteiger partial charge in [-0.1, -0.05) is 18.2 Å². The number of phosphoric acid groups is 1.